The van der Waals surface area contributed by atoms with E-state index in [9.17, 15) is 4.79 Å². The molecule has 0 radical (unpaired) electrons. The van der Waals surface area contributed by atoms with Crippen LogP contribution >= 0.6 is 0 Å². The van der Waals surface area contributed by atoms with Crippen LogP contribution in [0.2, 0.25) is 0 Å². The van der Waals surface area contributed by atoms with E-state index in [0.29, 0.717) is 29.8 Å². The maximum Gasteiger partial charge on any atom is 0.337 e. The summed E-state index contributed by atoms with van der Waals surface area (Å²) in [5.41, 5.74) is 3.73. The van der Waals surface area contributed by atoms with E-state index in [1.807, 2.05) is 41.9 Å². The van der Waals surface area contributed by atoms with E-state index in [1.54, 1.807) is 18.3 Å². The first-order valence-corrected chi connectivity index (χ1v) is 8.97. The number of hydrogen-bond acceptors (Lipinski definition) is 5. The summed E-state index contributed by atoms with van der Waals surface area (Å²) in [5.74, 6) is 0.304. The maximum absolute atomic E-state index is 12.0. The third kappa shape index (κ3) is 3.69. The largest absolute Gasteiger partial charge is 0.472 e. The molecule has 6 heteroatoms. The second kappa shape index (κ2) is 7.23. The summed E-state index contributed by atoms with van der Waals surface area (Å²) in [6.45, 7) is 2.30. The Balaban J connectivity index is 1.70. The van der Waals surface area contributed by atoms with Crippen LogP contribution in [-0.2, 0) is 11.3 Å². The third-order valence-electron chi connectivity index (χ3n) is 4.51. The van der Waals surface area contributed by atoms with Gasteiger partial charge < -0.3 is 9.47 Å². The quantitative estimate of drug-likeness (QED) is 0.620. The number of pyridine rings is 1. The molecule has 1 aliphatic carbocycles. The lowest BCUT2D eigenvalue weighted by Crippen LogP contribution is -2.05. The van der Waals surface area contributed by atoms with Crippen LogP contribution in [-0.4, -0.2) is 27.8 Å². The molecule has 0 atom stereocenters. The average Bonchev–Trinajstić information content (AvgIpc) is 3.45. The van der Waals surface area contributed by atoms with Crippen molar-refractivity contribution in [3.8, 4) is 17.1 Å². The number of carbonyl (C=O) groups excluding carboxylic acids is 1. The predicted molar refractivity (Wildman–Crippen MR) is 101 cm³/mol. The van der Waals surface area contributed by atoms with Crippen molar-refractivity contribution in [3.05, 3.63) is 65.5 Å². The second-order valence-electron chi connectivity index (χ2n) is 6.69. The SMILES string of the molecule is COC(=O)c1cc(C)nc(-c2cnn(C3CC3)c2OCc2ccccc2)c1. The minimum absolute atomic E-state index is 0.370. The van der Waals surface area contributed by atoms with Gasteiger partial charge >= 0.3 is 5.97 Å². The van der Waals surface area contributed by atoms with E-state index in [2.05, 4.69) is 10.1 Å². The van der Waals surface area contributed by atoms with Crippen molar-refractivity contribution >= 4 is 5.97 Å². The lowest BCUT2D eigenvalue weighted by molar-refractivity contribution is 0.0600. The number of nitrogens with zero attached hydrogens (tertiary/aromatic N) is 3. The summed E-state index contributed by atoms with van der Waals surface area (Å²) in [4.78, 5) is 16.6. The average molecular weight is 363 g/mol. The smallest absolute Gasteiger partial charge is 0.337 e. The zero-order chi connectivity index (χ0) is 18.8. The van der Waals surface area contributed by atoms with Gasteiger partial charge in [-0.05, 0) is 37.5 Å². The zero-order valence-electron chi connectivity index (χ0n) is 15.4. The summed E-state index contributed by atoms with van der Waals surface area (Å²) >= 11 is 0. The van der Waals surface area contributed by atoms with E-state index in [1.165, 1.54) is 7.11 Å². The zero-order valence-corrected chi connectivity index (χ0v) is 15.4. The molecule has 3 aromatic rings. The first kappa shape index (κ1) is 17.3. The van der Waals surface area contributed by atoms with Crippen molar-refractivity contribution in [2.24, 2.45) is 0 Å². The molecule has 0 aliphatic heterocycles. The van der Waals surface area contributed by atoms with Crippen molar-refractivity contribution in [2.45, 2.75) is 32.4 Å². The molecule has 2 aromatic heterocycles. The Bertz CT molecular complexity index is 962. The van der Waals surface area contributed by atoms with Crippen molar-refractivity contribution in [1.29, 1.82) is 0 Å². The van der Waals surface area contributed by atoms with Gasteiger partial charge in [-0.3, -0.25) is 4.98 Å². The van der Waals surface area contributed by atoms with Gasteiger partial charge in [0.25, 0.3) is 0 Å². The molecule has 0 saturated heterocycles. The molecule has 27 heavy (non-hydrogen) atoms. The molecule has 1 fully saturated rings. The Morgan fingerprint density at radius 3 is 2.70 bits per heavy atom. The Morgan fingerprint density at radius 1 is 1.22 bits per heavy atom. The molecule has 1 aromatic carbocycles. The Kier molecular flexibility index (Phi) is 4.62. The summed E-state index contributed by atoms with van der Waals surface area (Å²) in [7, 11) is 1.37. The topological polar surface area (TPSA) is 66.2 Å². The van der Waals surface area contributed by atoms with E-state index in [4.69, 9.17) is 9.47 Å². The fourth-order valence-corrected chi connectivity index (χ4v) is 3.02. The fourth-order valence-electron chi connectivity index (χ4n) is 3.02. The molecule has 2 heterocycles. The molecule has 6 nitrogen and oxygen atoms in total. The lowest BCUT2D eigenvalue weighted by Gasteiger charge is -2.12. The minimum atomic E-state index is -0.386. The van der Waals surface area contributed by atoms with Gasteiger partial charge in [0.15, 0.2) is 0 Å². The Labute approximate surface area is 157 Å². The van der Waals surface area contributed by atoms with Crippen LogP contribution in [0.25, 0.3) is 11.3 Å². The van der Waals surface area contributed by atoms with Gasteiger partial charge in [-0.1, -0.05) is 30.3 Å². The number of esters is 1. The summed E-state index contributed by atoms with van der Waals surface area (Å²) in [6, 6.07) is 13.8. The number of carbonyl (C=O) groups is 1. The number of rotatable bonds is 6. The van der Waals surface area contributed by atoms with Gasteiger partial charge in [-0.25, -0.2) is 9.48 Å². The number of methoxy groups -OCH3 is 1. The molecule has 0 unspecified atom stereocenters. The minimum Gasteiger partial charge on any atom is -0.472 e. The summed E-state index contributed by atoms with van der Waals surface area (Å²) in [5, 5.41) is 4.53. The highest BCUT2D eigenvalue weighted by Gasteiger charge is 2.30. The lowest BCUT2D eigenvalue weighted by atomic mass is 10.1. The third-order valence-corrected chi connectivity index (χ3v) is 4.51. The van der Waals surface area contributed by atoms with Crippen molar-refractivity contribution in [1.82, 2.24) is 14.8 Å². The van der Waals surface area contributed by atoms with E-state index < -0.39 is 0 Å². The highest BCUT2D eigenvalue weighted by atomic mass is 16.5. The van der Waals surface area contributed by atoms with Crippen LogP contribution in [0.4, 0.5) is 0 Å². The van der Waals surface area contributed by atoms with Crippen molar-refractivity contribution in [2.75, 3.05) is 7.11 Å². The number of aromatic nitrogens is 3. The maximum atomic E-state index is 12.0. The standard InChI is InChI=1S/C21H21N3O3/c1-14-10-16(21(25)26-2)11-19(23-14)18-12-22-24(17-8-9-17)20(18)27-13-15-6-4-3-5-7-15/h3-7,10-12,17H,8-9,13H2,1-2H3. The van der Waals surface area contributed by atoms with Crippen LogP contribution in [0.3, 0.4) is 0 Å². The fraction of sp³-hybridized carbons (Fsp3) is 0.286. The molecule has 0 spiro atoms. The number of benzene rings is 1. The summed E-state index contributed by atoms with van der Waals surface area (Å²) < 4.78 is 12.9. The van der Waals surface area contributed by atoms with Gasteiger partial charge in [0.05, 0.1) is 36.2 Å². The Hall–Kier alpha value is -3.15. The molecule has 138 valence electrons. The van der Waals surface area contributed by atoms with Crippen LogP contribution in [0.5, 0.6) is 5.88 Å². The van der Waals surface area contributed by atoms with Gasteiger partial charge in [-0.15, -0.1) is 0 Å². The number of aryl methyl sites for hydroxylation is 1. The normalized spacial score (nSPS) is 13.4. The first-order valence-electron chi connectivity index (χ1n) is 8.97. The molecule has 4 rings (SSSR count). The highest BCUT2D eigenvalue weighted by molar-refractivity contribution is 5.90. The molecule has 0 bridgehead atoms. The second-order valence-corrected chi connectivity index (χ2v) is 6.69. The predicted octanol–water partition coefficient (Wildman–Crippen LogP) is 3.95. The van der Waals surface area contributed by atoms with Gasteiger partial charge in [0.1, 0.15) is 6.61 Å². The van der Waals surface area contributed by atoms with Gasteiger partial charge in [-0.2, -0.15) is 5.10 Å². The monoisotopic (exact) mass is 363 g/mol. The van der Waals surface area contributed by atoms with E-state index in [0.717, 1.165) is 29.7 Å². The molecular weight excluding hydrogens is 342 g/mol. The molecule has 1 saturated carbocycles. The molecule has 0 N–H and O–H groups in total. The number of hydrogen-bond donors (Lipinski definition) is 0. The van der Waals surface area contributed by atoms with Crippen LogP contribution in [0.1, 0.15) is 40.5 Å². The van der Waals surface area contributed by atoms with Crippen molar-refractivity contribution < 1.29 is 14.3 Å². The first-order chi connectivity index (χ1) is 13.2. The highest BCUT2D eigenvalue weighted by Crippen LogP contribution is 2.41. The molecule has 0 amide bonds. The molecular formula is C21H21N3O3. The van der Waals surface area contributed by atoms with Crippen LogP contribution < -0.4 is 4.74 Å². The van der Waals surface area contributed by atoms with Crippen LogP contribution in [0, 0.1) is 6.92 Å². The van der Waals surface area contributed by atoms with Gasteiger partial charge in [0.2, 0.25) is 5.88 Å². The number of ether oxygens (including phenoxy) is 2. The summed E-state index contributed by atoms with van der Waals surface area (Å²) in [6.07, 6.45) is 3.95. The Morgan fingerprint density at radius 2 is 2.00 bits per heavy atom. The van der Waals surface area contributed by atoms with E-state index in [-0.39, 0.29) is 5.97 Å². The molecule has 1 aliphatic rings. The van der Waals surface area contributed by atoms with Gasteiger partial charge in [0, 0.05) is 5.69 Å². The van der Waals surface area contributed by atoms with Crippen molar-refractivity contribution in [3.63, 3.8) is 0 Å². The van der Waals surface area contributed by atoms with Crippen LogP contribution in [0.15, 0.2) is 48.7 Å². The van der Waals surface area contributed by atoms with E-state index >= 15 is 0 Å².